The second kappa shape index (κ2) is 8.28. The highest BCUT2D eigenvalue weighted by atomic mass is 19.1. The summed E-state index contributed by atoms with van der Waals surface area (Å²) in [7, 11) is 0. The number of ether oxygens (including phenoxy) is 1. The molecule has 0 aliphatic heterocycles. The van der Waals surface area contributed by atoms with E-state index in [2.05, 4.69) is 20.3 Å². The maximum Gasteiger partial charge on any atom is 0.245 e. The molecular weight excluding hydrogens is 388 g/mol. The molecule has 6 nitrogen and oxygen atoms in total. The first kappa shape index (κ1) is 19.5. The molecule has 0 fully saturated rings. The van der Waals surface area contributed by atoms with Crippen molar-refractivity contribution in [2.45, 2.75) is 13.5 Å². The smallest absolute Gasteiger partial charge is 0.245 e. The topological polar surface area (TPSA) is 86.0 Å². The minimum atomic E-state index is -0.504. The molecular formula is C22H19F2N5O. The van der Waals surface area contributed by atoms with Crippen LogP contribution < -0.4 is 15.8 Å². The first-order valence-corrected chi connectivity index (χ1v) is 9.39. The quantitative estimate of drug-likeness (QED) is 0.456. The first-order valence-electron chi connectivity index (χ1n) is 9.39. The fourth-order valence-corrected chi connectivity index (χ4v) is 2.93. The summed E-state index contributed by atoms with van der Waals surface area (Å²) in [6, 6.07) is 14.2. The van der Waals surface area contributed by atoms with Crippen LogP contribution in [0.25, 0.3) is 22.3 Å². The molecule has 152 valence electrons. The standard InChI is InChI=1S/C22H19F2N5O/c1-2-30-21-20-19(10-9-18(27-20)14-5-8-17(25)16(24)11-14)28-22(29-21)26-12-13-3-6-15(23)7-4-13/h3-11H,2,12,25H2,1H3,(H,26,28,29). The van der Waals surface area contributed by atoms with Crippen LogP contribution in [0.4, 0.5) is 20.4 Å². The van der Waals surface area contributed by atoms with Gasteiger partial charge in [-0.2, -0.15) is 4.98 Å². The summed E-state index contributed by atoms with van der Waals surface area (Å²) in [4.78, 5) is 13.5. The summed E-state index contributed by atoms with van der Waals surface area (Å²) in [5, 5.41) is 3.12. The Labute approximate surface area is 171 Å². The van der Waals surface area contributed by atoms with Gasteiger partial charge in [0.15, 0.2) is 5.52 Å². The summed E-state index contributed by atoms with van der Waals surface area (Å²) in [5.74, 6) is -0.108. The number of hydrogen-bond donors (Lipinski definition) is 2. The molecule has 0 radical (unpaired) electrons. The van der Waals surface area contributed by atoms with Crippen LogP contribution in [-0.2, 0) is 6.54 Å². The van der Waals surface area contributed by atoms with Crippen LogP contribution in [0.3, 0.4) is 0 Å². The number of pyridine rings is 1. The van der Waals surface area contributed by atoms with Crippen molar-refractivity contribution in [2.75, 3.05) is 17.7 Å². The van der Waals surface area contributed by atoms with Crippen molar-refractivity contribution < 1.29 is 13.5 Å². The van der Waals surface area contributed by atoms with Crippen LogP contribution in [0.2, 0.25) is 0 Å². The van der Waals surface area contributed by atoms with Crippen molar-refractivity contribution in [1.82, 2.24) is 15.0 Å². The van der Waals surface area contributed by atoms with Crippen molar-refractivity contribution in [2.24, 2.45) is 0 Å². The molecule has 0 bridgehead atoms. The van der Waals surface area contributed by atoms with Crippen LogP contribution in [0.15, 0.2) is 54.6 Å². The van der Waals surface area contributed by atoms with Crippen molar-refractivity contribution in [3.8, 4) is 17.1 Å². The number of hydrogen-bond acceptors (Lipinski definition) is 6. The third kappa shape index (κ3) is 4.12. The van der Waals surface area contributed by atoms with Crippen LogP contribution >= 0.6 is 0 Å². The van der Waals surface area contributed by atoms with E-state index >= 15 is 0 Å². The van der Waals surface area contributed by atoms with Crippen LogP contribution in [0, 0.1) is 11.6 Å². The van der Waals surface area contributed by atoms with E-state index in [1.54, 1.807) is 30.3 Å². The minimum Gasteiger partial charge on any atom is -0.476 e. The maximum atomic E-state index is 13.8. The molecule has 0 aliphatic rings. The third-order valence-electron chi connectivity index (χ3n) is 4.45. The van der Waals surface area contributed by atoms with Gasteiger partial charge in [-0.1, -0.05) is 18.2 Å². The number of aromatic nitrogens is 3. The molecule has 8 heteroatoms. The van der Waals surface area contributed by atoms with E-state index in [1.807, 2.05) is 6.92 Å². The monoisotopic (exact) mass is 407 g/mol. The number of nitrogens with zero attached hydrogens (tertiary/aromatic N) is 3. The average Bonchev–Trinajstić information content (AvgIpc) is 2.75. The number of fused-ring (bicyclic) bond motifs is 1. The van der Waals surface area contributed by atoms with Crippen LogP contribution in [0.5, 0.6) is 5.88 Å². The zero-order valence-corrected chi connectivity index (χ0v) is 16.2. The molecule has 2 aromatic heterocycles. The molecule has 0 unspecified atom stereocenters. The SMILES string of the molecule is CCOc1nc(NCc2ccc(F)cc2)nc2ccc(-c3ccc(N)c(F)c3)nc12. The minimum absolute atomic E-state index is 0.0785. The van der Waals surface area contributed by atoms with E-state index in [9.17, 15) is 8.78 Å². The van der Waals surface area contributed by atoms with E-state index in [1.165, 1.54) is 24.3 Å². The van der Waals surface area contributed by atoms with Gasteiger partial charge in [-0.25, -0.2) is 18.7 Å². The van der Waals surface area contributed by atoms with Crippen molar-refractivity contribution >= 4 is 22.7 Å². The van der Waals surface area contributed by atoms with Gasteiger partial charge in [0, 0.05) is 12.1 Å². The number of benzene rings is 2. The van der Waals surface area contributed by atoms with E-state index in [0.29, 0.717) is 47.3 Å². The van der Waals surface area contributed by atoms with Crippen molar-refractivity contribution in [3.63, 3.8) is 0 Å². The highest BCUT2D eigenvalue weighted by Crippen LogP contribution is 2.28. The van der Waals surface area contributed by atoms with E-state index in [4.69, 9.17) is 10.5 Å². The van der Waals surface area contributed by atoms with E-state index in [0.717, 1.165) is 5.56 Å². The largest absolute Gasteiger partial charge is 0.476 e. The van der Waals surface area contributed by atoms with E-state index in [-0.39, 0.29) is 11.5 Å². The number of nitrogens with one attached hydrogen (secondary N) is 1. The lowest BCUT2D eigenvalue weighted by molar-refractivity contribution is 0.330. The van der Waals surface area contributed by atoms with Gasteiger partial charge in [-0.05, 0) is 48.9 Å². The normalized spacial score (nSPS) is 10.9. The molecule has 0 amide bonds. The van der Waals surface area contributed by atoms with Crippen molar-refractivity contribution in [3.05, 3.63) is 71.8 Å². The Hall–Kier alpha value is -3.81. The lowest BCUT2D eigenvalue weighted by Crippen LogP contribution is -2.07. The molecule has 4 rings (SSSR count). The summed E-state index contributed by atoms with van der Waals surface area (Å²) < 4.78 is 32.6. The lowest BCUT2D eigenvalue weighted by atomic mass is 10.1. The number of nitrogen functional groups attached to an aromatic ring is 1. The lowest BCUT2D eigenvalue weighted by Gasteiger charge is -2.11. The predicted molar refractivity (Wildman–Crippen MR) is 112 cm³/mol. The van der Waals surface area contributed by atoms with Gasteiger partial charge in [0.1, 0.15) is 11.6 Å². The van der Waals surface area contributed by atoms with Crippen LogP contribution in [-0.4, -0.2) is 21.6 Å². The van der Waals surface area contributed by atoms with Gasteiger partial charge in [0.25, 0.3) is 0 Å². The third-order valence-corrected chi connectivity index (χ3v) is 4.45. The number of rotatable bonds is 6. The highest BCUT2D eigenvalue weighted by molar-refractivity contribution is 5.83. The Bertz CT molecular complexity index is 1200. The van der Waals surface area contributed by atoms with Gasteiger partial charge in [0.2, 0.25) is 11.8 Å². The van der Waals surface area contributed by atoms with Gasteiger partial charge in [-0.3, -0.25) is 0 Å². The molecule has 0 aliphatic carbocycles. The second-order valence-electron chi connectivity index (χ2n) is 6.57. The Balaban J connectivity index is 1.67. The van der Waals surface area contributed by atoms with Gasteiger partial charge in [-0.15, -0.1) is 0 Å². The molecule has 2 heterocycles. The summed E-state index contributed by atoms with van der Waals surface area (Å²) >= 11 is 0. The van der Waals surface area contributed by atoms with Crippen LogP contribution in [0.1, 0.15) is 12.5 Å². The Morgan fingerprint density at radius 2 is 1.77 bits per heavy atom. The Morgan fingerprint density at radius 1 is 0.967 bits per heavy atom. The average molecular weight is 407 g/mol. The summed E-state index contributed by atoms with van der Waals surface area (Å²) in [6.07, 6.45) is 0. The molecule has 0 saturated carbocycles. The number of anilines is 2. The summed E-state index contributed by atoms with van der Waals surface area (Å²) in [5.41, 5.74) is 8.71. The van der Waals surface area contributed by atoms with Gasteiger partial charge >= 0.3 is 0 Å². The Morgan fingerprint density at radius 3 is 2.50 bits per heavy atom. The molecule has 4 aromatic rings. The number of halogens is 2. The molecule has 2 aromatic carbocycles. The zero-order valence-electron chi connectivity index (χ0n) is 16.2. The Kier molecular flexibility index (Phi) is 5.38. The first-order chi connectivity index (χ1) is 14.5. The molecule has 0 spiro atoms. The molecule has 30 heavy (non-hydrogen) atoms. The van der Waals surface area contributed by atoms with Gasteiger partial charge in [0.05, 0.1) is 23.5 Å². The van der Waals surface area contributed by atoms with Gasteiger partial charge < -0.3 is 15.8 Å². The summed E-state index contributed by atoms with van der Waals surface area (Å²) in [6.45, 7) is 2.66. The fourth-order valence-electron chi connectivity index (χ4n) is 2.93. The number of nitrogens with two attached hydrogens (primary N) is 1. The maximum absolute atomic E-state index is 13.8. The second-order valence-corrected chi connectivity index (χ2v) is 6.57. The fraction of sp³-hybridized carbons (Fsp3) is 0.136. The molecule has 0 saturated heterocycles. The molecule has 3 N–H and O–H groups in total. The highest BCUT2D eigenvalue weighted by Gasteiger charge is 2.13. The van der Waals surface area contributed by atoms with Crippen molar-refractivity contribution in [1.29, 1.82) is 0 Å². The zero-order chi connectivity index (χ0) is 21.1. The van der Waals surface area contributed by atoms with E-state index < -0.39 is 5.82 Å². The molecule has 0 atom stereocenters. The predicted octanol–water partition coefficient (Wildman–Crippen LogP) is 4.56.